The number of piperazine rings is 1. The maximum Gasteiger partial charge on any atom is 0.0634 e. The number of nitrogens with one attached hydrogen (secondary N) is 2. The Kier molecular flexibility index (Phi) is 7.70. The van der Waals surface area contributed by atoms with Crippen LogP contribution in [0.4, 0.5) is 0 Å². The van der Waals surface area contributed by atoms with Crippen molar-refractivity contribution in [1.29, 1.82) is 5.41 Å². The minimum atomic E-state index is 0.397. The molecule has 2 atom stereocenters. The van der Waals surface area contributed by atoms with Crippen molar-refractivity contribution in [3.63, 3.8) is 0 Å². The van der Waals surface area contributed by atoms with E-state index in [1.807, 2.05) is 32.2 Å². The Morgan fingerprint density at radius 1 is 1.16 bits per heavy atom. The molecule has 1 aromatic rings. The Balaban J connectivity index is 1.43. The van der Waals surface area contributed by atoms with Crippen LogP contribution in [0.2, 0.25) is 5.02 Å². The van der Waals surface area contributed by atoms with Gasteiger partial charge in [-0.25, -0.2) is 0 Å². The molecular formula is C25H37ClN4O. The van der Waals surface area contributed by atoms with E-state index < -0.39 is 0 Å². The quantitative estimate of drug-likeness (QED) is 0.652. The van der Waals surface area contributed by atoms with Gasteiger partial charge in [0, 0.05) is 67.2 Å². The topological polar surface area (TPSA) is 51.6 Å². The molecule has 31 heavy (non-hydrogen) atoms. The van der Waals surface area contributed by atoms with E-state index in [1.54, 1.807) is 0 Å². The molecule has 1 aliphatic carbocycles. The van der Waals surface area contributed by atoms with Gasteiger partial charge in [-0.3, -0.25) is 9.80 Å². The molecule has 2 saturated heterocycles. The molecule has 0 spiro atoms. The van der Waals surface area contributed by atoms with E-state index in [1.165, 1.54) is 18.4 Å². The number of fused-ring (bicyclic) bond motifs is 1. The van der Waals surface area contributed by atoms with Crippen molar-refractivity contribution in [2.24, 2.45) is 5.92 Å². The zero-order valence-corrected chi connectivity index (χ0v) is 19.7. The standard InChI is InChI=1S/C25H37ClN4O/c1-18(28-2)13-25(27)20-5-9-22(10-6-20)30-16-24-17-31-12-11-29(24)15-23(30)14-19-3-7-21(26)8-4-19/h3-4,7-8,13,20,22-24,27-28H,5-6,9-12,14-17H2,1-2H3/b18-13-,27-25?. The van der Waals surface area contributed by atoms with Crippen molar-refractivity contribution in [1.82, 2.24) is 15.1 Å². The Labute approximate surface area is 192 Å². The number of halogens is 1. The van der Waals surface area contributed by atoms with Crippen molar-refractivity contribution in [2.75, 3.05) is 39.9 Å². The zero-order valence-electron chi connectivity index (χ0n) is 18.9. The first kappa shape index (κ1) is 22.8. The maximum atomic E-state index is 8.49. The van der Waals surface area contributed by atoms with Crippen LogP contribution >= 0.6 is 11.6 Å². The molecule has 6 heteroatoms. The minimum absolute atomic E-state index is 0.397. The van der Waals surface area contributed by atoms with Crippen LogP contribution in [-0.2, 0) is 11.2 Å². The van der Waals surface area contributed by atoms with Crippen molar-refractivity contribution in [3.8, 4) is 0 Å². The minimum Gasteiger partial charge on any atom is -0.392 e. The highest BCUT2D eigenvalue weighted by molar-refractivity contribution is 6.30. The third-order valence-corrected chi connectivity index (χ3v) is 7.69. The molecule has 0 aromatic heterocycles. The molecule has 1 aromatic carbocycles. The molecule has 2 aliphatic heterocycles. The lowest BCUT2D eigenvalue weighted by Crippen LogP contribution is -2.64. The third-order valence-electron chi connectivity index (χ3n) is 7.44. The Morgan fingerprint density at radius 2 is 1.90 bits per heavy atom. The fraction of sp³-hybridized carbons (Fsp3) is 0.640. The van der Waals surface area contributed by atoms with Gasteiger partial charge in [-0.05, 0) is 62.8 Å². The lowest BCUT2D eigenvalue weighted by Gasteiger charge is -2.52. The first-order chi connectivity index (χ1) is 15.0. The van der Waals surface area contributed by atoms with Crippen molar-refractivity contribution >= 4 is 17.3 Å². The smallest absolute Gasteiger partial charge is 0.0634 e. The number of benzene rings is 1. The van der Waals surface area contributed by atoms with Gasteiger partial charge in [0.2, 0.25) is 0 Å². The summed E-state index contributed by atoms with van der Waals surface area (Å²) in [6.07, 6.45) is 7.68. The second-order valence-corrected chi connectivity index (χ2v) is 9.88. The zero-order chi connectivity index (χ0) is 21.8. The highest BCUT2D eigenvalue weighted by Gasteiger charge is 2.39. The van der Waals surface area contributed by atoms with Crippen LogP contribution in [0.3, 0.4) is 0 Å². The van der Waals surface area contributed by atoms with Gasteiger partial charge >= 0.3 is 0 Å². The first-order valence-corrected chi connectivity index (χ1v) is 12.2. The van der Waals surface area contributed by atoms with Gasteiger partial charge in [-0.2, -0.15) is 0 Å². The van der Waals surface area contributed by atoms with Crippen LogP contribution in [0.25, 0.3) is 0 Å². The van der Waals surface area contributed by atoms with E-state index in [0.717, 1.165) is 68.5 Å². The molecule has 0 amide bonds. The number of hydrogen-bond donors (Lipinski definition) is 2. The maximum absolute atomic E-state index is 8.49. The summed E-state index contributed by atoms with van der Waals surface area (Å²) in [6.45, 7) is 7.03. The molecule has 4 rings (SSSR count). The monoisotopic (exact) mass is 444 g/mol. The molecule has 0 bridgehead atoms. The molecule has 2 heterocycles. The highest BCUT2D eigenvalue weighted by Crippen LogP contribution is 2.33. The summed E-state index contributed by atoms with van der Waals surface area (Å²) in [7, 11) is 1.92. The average molecular weight is 445 g/mol. The SMILES string of the molecule is CN/C(C)=C\C(=N)C1CCC(N2CC3COCCN3CC2Cc2ccc(Cl)cc2)CC1. The van der Waals surface area contributed by atoms with Gasteiger partial charge in [0.1, 0.15) is 0 Å². The Bertz CT molecular complexity index is 772. The summed E-state index contributed by atoms with van der Waals surface area (Å²) in [4.78, 5) is 5.44. The average Bonchev–Trinajstić information content (AvgIpc) is 2.80. The fourth-order valence-electron chi connectivity index (χ4n) is 5.53. The third kappa shape index (κ3) is 5.70. The van der Waals surface area contributed by atoms with Crippen LogP contribution in [0.1, 0.15) is 38.2 Å². The molecule has 1 saturated carbocycles. The second-order valence-electron chi connectivity index (χ2n) is 9.44. The summed E-state index contributed by atoms with van der Waals surface area (Å²) in [6, 6.07) is 10.1. The molecule has 3 aliphatic rings. The summed E-state index contributed by atoms with van der Waals surface area (Å²) < 4.78 is 5.81. The van der Waals surface area contributed by atoms with Crippen LogP contribution in [0.15, 0.2) is 36.0 Å². The number of nitrogens with zero attached hydrogens (tertiary/aromatic N) is 2. The second kappa shape index (κ2) is 10.5. The number of rotatable bonds is 6. The van der Waals surface area contributed by atoms with Gasteiger partial charge in [-0.1, -0.05) is 23.7 Å². The van der Waals surface area contributed by atoms with Crippen LogP contribution in [-0.4, -0.2) is 73.5 Å². The molecular weight excluding hydrogens is 408 g/mol. The van der Waals surface area contributed by atoms with Gasteiger partial charge in [-0.15, -0.1) is 0 Å². The first-order valence-electron chi connectivity index (χ1n) is 11.8. The van der Waals surface area contributed by atoms with Crippen LogP contribution < -0.4 is 5.32 Å². The van der Waals surface area contributed by atoms with Gasteiger partial charge in [0.15, 0.2) is 0 Å². The molecule has 3 fully saturated rings. The predicted molar refractivity (Wildman–Crippen MR) is 128 cm³/mol. The number of hydrogen-bond acceptors (Lipinski definition) is 5. The molecule has 0 radical (unpaired) electrons. The molecule has 170 valence electrons. The lowest BCUT2D eigenvalue weighted by atomic mass is 9.81. The van der Waals surface area contributed by atoms with Crippen molar-refractivity contribution < 1.29 is 4.74 Å². The molecule has 2 unspecified atom stereocenters. The van der Waals surface area contributed by atoms with Gasteiger partial charge in [0.05, 0.1) is 13.2 Å². The molecule has 2 N–H and O–H groups in total. The lowest BCUT2D eigenvalue weighted by molar-refractivity contribution is -0.0784. The van der Waals surface area contributed by atoms with Crippen LogP contribution in [0.5, 0.6) is 0 Å². The van der Waals surface area contributed by atoms with E-state index >= 15 is 0 Å². The Morgan fingerprint density at radius 3 is 2.61 bits per heavy atom. The largest absolute Gasteiger partial charge is 0.392 e. The number of ether oxygens (including phenoxy) is 1. The number of allylic oxidation sites excluding steroid dienone is 2. The van der Waals surface area contributed by atoms with Crippen LogP contribution in [0, 0.1) is 11.3 Å². The number of morpholine rings is 1. The van der Waals surface area contributed by atoms with Gasteiger partial charge in [0.25, 0.3) is 0 Å². The summed E-state index contributed by atoms with van der Waals surface area (Å²) in [5, 5.41) is 12.4. The predicted octanol–water partition coefficient (Wildman–Crippen LogP) is 3.97. The van der Waals surface area contributed by atoms with E-state index in [0.29, 0.717) is 24.0 Å². The molecule has 5 nitrogen and oxygen atoms in total. The normalized spacial score (nSPS) is 30.6. The Hall–Kier alpha value is -1.40. The summed E-state index contributed by atoms with van der Waals surface area (Å²) in [5.41, 5.74) is 3.23. The van der Waals surface area contributed by atoms with E-state index in [2.05, 4.69) is 27.2 Å². The van der Waals surface area contributed by atoms with Gasteiger partial charge < -0.3 is 15.5 Å². The summed E-state index contributed by atoms with van der Waals surface area (Å²) >= 11 is 6.12. The summed E-state index contributed by atoms with van der Waals surface area (Å²) in [5.74, 6) is 0.397. The fourth-order valence-corrected chi connectivity index (χ4v) is 5.65. The highest BCUT2D eigenvalue weighted by atomic mass is 35.5. The van der Waals surface area contributed by atoms with E-state index in [9.17, 15) is 0 Å². The van der Waals surface area contributed by atoms with Crippen molar-refractivity contribution in [2.45, 2.75) is 57.2 Å². The van der Waals surface area contributed by atoms with E-state index in [4.69, 9.17) is 21.7 Å². The van der Waals surface area contributed by atoms with Crippen molar-refractivity contribution in [3.05, 3.63) is 46.6 Å². The van der Waals surface area contributed by atoms with E-state index in [-0.39, 0.29) is 0 Å².